The number of allylic oxidation sites excluding steroid dienone is 5. The maximum atomic E-state index is 12.2. The molecular weight excluding hydrogens is 338 g/mol. The first-order valence-corrected chi connectivity index (χ1v) is 8.64. The van der Waals surface area contributed by atoms with Crippen LogP contribution < -0.4 is 9.47 Å². The lowest BCUT2D eigenvalue weighted by molar-refractivity contribution is 0.0603. The van der Waals surface area contributed by atoms with Crippen molar-refractivity contribution in [1.29, 1.82) is 0 Å². The molecular formula is C19H19NO4S. The lowest BCUT2D eigenvalue weighted by atomic mass is 10.1. The molecule has 5 nitrogen and oxygen atoms in total. The third-order valence-electron chi connectivity index (χ3n) is 3.76. The third kappa shape index (κ3) is 3.44. The third-order valence-corrected chi connectivity index (χ3v) is 4.92. The molecule has 0 saturated carbocycles. The molecule has 1 aliphatic heterocycles. The summed E-state index contributed by atoms with van der Waals surface area (Å²) in [6, 6.07) is 3.72. The van der Waals surface area contributed by atoms with Crippen molar-refractivity contribution in [2.45, 2.75) is 13.3 Å². The molecule has 0 aliphatic carbocycles. The Morgan fingerprint density at radius 2 is 2.12 bits per heavy atom. The highest BCUT2D eigenvalue weighted by atomic mass is 32.2. The molecule has 6 heteroatoms. The fraction of sp³-hybridized carbons (Fsp3) is 0.211. The van der Waals surface area contributed by atoms with E-state index in [1.165, 1.54) is 7.11 Å². The average Bonchev–Trinajstić information content (AvgIpc) is 3.22. The van der Waals surface area contributed by atoms with Gasteiger partial charge in [-0.25, -0.2) is 4.79 Å². The summed E-state index contributed by atoms with van der Waals surface area (Å²) >= 11 is 1.55. The average molecular weight is 357 g/mol. The highest BCUT2D eigenvalue weighted by Gasteiger charge is 2.22. The largest absolute Gasteiger partial charge is 0.465 e. The van der Waals surface area contributed by atoms with Crippen LogP contribution in [-0.2, 0) is 4.74 Å². The molecule has 0 unspecified atom stereocenters. The first-order chi connectivity index (χ1) is 12.2. The van der Waals surface area contributed by atoms with Gasteiger partial charge in [-0.05, 0) is 24.4 Å². The fourth-order valence-corrected chi connectivity index (χ4v) is 3.44. The molecule has 0 spiro atoms. The zero-order valence-corrected chi connectivity index (χ0v) is 15.0. The molecule has 0 atom stereocenters. The second-order valence-electron chi connectivity index (χ2n) is 5.28. The minimum absolute atomic E-state index is 0.190. The van der Waals surface area contributed by atoms with Crippen LogP contribution in [-0.4, -0.2) is 23.8 Å². The van der Waals surface area contributed by atoms with Gasteiger partial charge in [-0.15, -0.1) is 0 Å². The monoisotopic (exact) mass is 357 g/mol. The summed E-state index contributed by atoms with van der Waals surface area (Å²) in [4.78, 5) is 13.3. The Labute approximate surface area is 150 Å². The van der Waals surface area contributed by atoms with Gasteiger partial charge in [0.15, 0.2) is 11.5 Å². The van der Waals surface area contributed by atoms with Crippen molar-refractivity contribution >= 4 is 28.8 Å². The molecule has 130 valence electrons. The minimum Gasteiger partial charge on any atom is -0.465 e. The van der Waals surface area contributed by atoms with Crippen LogP contribution in [0.2, 0.25) is 0 Å². The van der Waals surface area contributed by atoms with Crippen LogP contribution in [0.1, 0.15) is 23.7 Å². The van der Waals surface area contributed by atoms with Crippen LogP contribution in [0.15, 0.2) is 54.1 Å². The standard InChI is InChI=1S/C19H19NO4S/c1-4-6-7-8-13(5-2)25-20-11-15(19(21)22-3)14-9-17-18(10-16(14)20)24-12-23-17/h4,6-11H,1,5,12H2,2-3H3/b7-6-,13-8+. The van der Waals surface area contributed by atoms with Gasteiger partial charge in [-0.3, -0.25) is 3.97 Å². The summed E-state index contributed by atoms with van der Waals surface area (Å²) in [6.07, 6.45) is 10.2. The number of fused-ring (bicyclic) bond motifs is 2. The number of esters is 1. The van der Waals surface area contributed by atoms with E-state index in [1.54, 1.807) is 24.2 Å². The van der Waals surface area contributed by atoms with E-state index in [-0.39, 0.29) is 12.8 Å². The smallest absolute Gasteiger partial charge is 0.340 e. The van der Waals surface area contributed by atoms with Crippen molar-refractivity contribution in [3.05, 3.63) is 59.7 Å². The van der Waals surface area contributed by atoms with E-state index in [0.717, 1.165) is 22.2 Å². The second kappa shape index (κ2) is 7.53. The van der Waals surface area contributed by atoms with Crippen LogP contribution >= 0.6 is 11.9 Å². The molecule has 0 amide bonds. The van der Waals surface area contributed by atoms with Crippen LogP contribution in [0.4, 0.5) is 0 Å². The second-order valence-corrected chi connectivity index (χ2v) is 6.38. The topological polar surface area (TPSA) is 49.7 Å². The zero-order chi connectivity index (χ0) is 17.8. The number of benzene rings is 1. The number of ether oxygens (including phenoxy) is 3. The Kier molecular flexibility index (Phi) is 5.19. The molecule has 2 aromatic rings. The molecule has 0 radical (unpaired) electrons. The van der Waals surface area contributed by atoms with Gasteiger partial charge in [0.1, 0.15) is 0 Å². The Morgan fingerprint density at radius 3 is 2.80 bits per heavy atom. The van der Waals surface area contributed by atoms with E-state index in [9.17, 15) is 4.79 Å². The number of carbonyl (C=O) groups excluding carboxylic acids is 1. The molecule has 0 fully saturated rings. The van der Waals surface area contributed by atoms with E-state index in [0.29, 0.717) is 17.1 Å². The number of hydrogen-bond acceptors (Lipinski definition) is 5. The maximum Gasteiger partial charge on any atom is 0.340 e. The van der Waals surface area contributed by atoms with Crippen molar-refractivity contribution < 1.29 is 19.0 Å². The van der Waals surface area contributed by atoms with Gasteiger partial charge >= 0.3 is 5.97 Å². The molecule has 25 heavy (non-hydrogen) atoms. The summed E-state index contributed by atoms with van der Waals surface area (Å²) in [7, 11) is 1.38. The highest BCUT2D eigenvalue weighted by molar-refractivity contribution is 8.01. The zero-order valence-electron chi connectivity index (χ0n) is 14.2. The van der Waals surface area contributed by atoms with E-state index in [4.69, 9.17) is 14.2 Å². The van der Waals surface area contributed by atoms with Crippen molar-refractivity contribution in [3.8, 4) is 11.5 Å². The van der Waals surface area contributed by atoms with Crippen LogP contribution in [0.25, 0.3) is 10.9 Å². The number of aromatic nitrogens is 1. The maximum absolute atomic E-state index is 12.2. The van der Waals surface area contributed by atoms with Crippen molar-refractivity contribution in [2.24, 2.45) is 0 Å². The molecule has 2 heterocycles. The number of carbonyl (C=O) groups is 1. The molecule has 3 rings (SSSR count). The van der Waals surface area contributed by atoms with Crippen molar-refractivity contribution in [3.63, 3.8) is 0 Å². The van der Waals surface area contributed by atoms with E-state index < -0.39 is 0 Å². The number of nitrogens with zero attached hydrogens (tertiary/aromatic N) is 1. The normalized spacial score (nSPS) is 13.6. The first-order valence-electron chi connectivity index (χ1n) is 7.87. The van der Waals surface area contributed by atoms with Crippen LogP contribution in [0, 0.1) is 0 Å². The molecule has 1 aliphatic rings. The predicted molar refractivity (Wildman–Crippen MR) is 100 cm³/mol. The lowest BCUT2D eigenvalue weighted by Gasteiger charge is -2.06. The van der Waals surface area contributed by atoms with E-state index >= 15 is 0 Å². The van der Waals surface area contributed by atoms with Crippen molar-refractivity contribution in [1.82, 2.24) is 3.97 Å². The van der Waals surface area contributed by atoms with Crippen LogP contribution in [0.3, 0.4) is 0 Å². The summed E-state index contributed by atoms with van der Waals surface area (Å²) in [5.74, 6) is 0.940. The Morgan fingerprint density at radius 1 is 1.36 bits per heavy atom. The quantitative estimate of drug-likeness (QED) is 0.554. The predicted octanol–water partition coefficient (Wildman–Crippen LogP) is 4.69. The summed E-state index contributed by atoms with van der Waals surface area (Å²) in [5.41, 5.74) is 1.38. The van der Waals surface area contributed by atoms with Gasteiger partial charge in [-0.2, -0.15) is 0 Å². The van der Waals surface area contributed by atoms with E-state index in [1.807, 2.05) is 34.3 Å². The molecule has 0 bridgehead atoms. The Bertz CT molecular complexity index is 879. The van der Waals surface area contributed by atoms with Crippen LogP contribution in [0.5, 0.6) is 11.5 Å². The molecule has 1 aromatic heterocycles. The summed E-state index contributed by atoms with van der Waals surface area (Å²) < 4.78 is 17.8. The minimum atomic E-state index is -0.378. The Balaban J connectivity index is 2.08. The van der Waals surface area contributed by atoms with Gasteiger partial charge in [0, 0.05) is 22.6 Å². The summed E-state index contributed by atoms with van der Waals surface area (Å²) in [6.45, 7) is 5.94. The number of hydrogen-bond donors (Lipinski definition) is 0. The van der Waals surface area contributed by atoms with Gasteiger partial charge in [0.25, 0.3) is 0 Å². The van der Waals surface area contributed by atoms with Gasteiger partial charge in [-0.1, -0.05) is 37.8 Å². The lowest BCUT2D eigenvalue weighted by Crippen LogP contribution is -1.99. The van der Waals surface area contributed by atoms with Gasteiger partial charge in [0.05, 0.1) is 18.2 Å². The summed E-state index contributed by atoms with van der Waals surface area (Å²) in [5, 5.41) is 0.778. The fourth-order valence-electron chi connectivity index (χ4n) is 2.51. The van der Waals surface area contributed by atoms with E-state index in [2.05, 4.69) is 13.5 Å². The number of rotatable bonds is 6. The highest BCUT2D eigenvalue weighted by Crippen LogP contribution is 2.40. The number of methoxy groups -OCH3 is 1. The van der Waals surface area contributed by atoms with Crippen molar-refractivity contribution in [2.75, 3.05) is 13.9 Å². The molecule has 0 N–H and O–H groups in total. The van der Waals surface area contributed by atoms with Gasteiger partial charge < -0.3 is 14.2 Å². The Hall–Kier alpha value is -2.60. The molecule has 0 saturated heterocycles. The van der Waals surface area contributed by atoms with Gasteiger partial charge in [0.2, 0.25) is 6.79 Å². The SMILES string of the molecule is C=C/C=C\C=C(/CC)Sn1cc(C(=O)OC)c2cc3c(cc21)OCO3. The first kappa shape index (κ1) is 17.2. The molecule has 1 aromatic carbocycles.